The highest BCUT2D eigenvalue weighted by molar-refractivity contribution is 7.89. The number of benzene rings is 2. The molecule has 4 rings (SSSR count). The van der Waals surface area contributed by atoms with E-state index in [0.717, 1.165) is 17.5 Å². The van der Waals surface area contributed by atoms with E-state index < -0.39 is 10.0 Å². The van der Waals surface area contributed by atoms with Gasteiger partial charge in [-0.2, -0.15) is 0 Å². The van der Waals surface area contributed by atoms with Gasteiger partial charge in [0.1, 0.15) is 0 Å². The second kappa shape index (κ2) is 5.36. The Balaban J connectivity index is 1.74. The molecule has 0 saturated heterocycles. The normalized spacial score (nSPS) is 27.9. The fraction of sp³-hybridized carbons (Fsp3) is 0.300. The maximum absolute atomic E-state index is 13.2. The summed E-state index contributed by atoms with van der Waals surface area (Å²) in [4.78, 5) is 0.371. The average Bonchev–Trinajstić information content (AvgIpc) is 3.22. The first-order valence-electron chi connectivity index (χ1n) is 8.31. The molecule has 1 fully saturated rings. The number of fused-ring (bicyclic) bond motifs is 1. The summed E-state index contributed by atoms with van der Waals surface area (Å²) in [5.74, 6) is 0. The van der Waals surface area contributed by atoms with E-state index in [2.05, 4.69) is 6.92 Å². The minimum atomic E-state index is -3.56. The molecule has 3 nitrogen and oxygen atoms in total. The molecule has 0 radical (unpaired) electrons. The van der Waals surface area contributed by atoms with Crippen LogP contribution in [0.1, 0.15) is 24.5 Å². The van der Waals surface area contributed by atoms with Gasteiger partial charge in [-0.1, -0.05) is 54.9 Å². The first kappa shape index (κ1) is 16.7. The van der Waals surface area contributed by atoms with Crippen LogP contribution in [0.2, 0.25) is 5.02 Å². The highest BCUT2D eigenvalue weighted by Gasteiger charge is 2.66. The van der Waals surface area contributed by atoms with Crippen molar-refractivity contribution in [3.05, 3.63) is 77.0 Å². The summed E-state index contributed by atoms with van der Waals surface area (Å²) in [6.45, 7) is 4.48. The van der Waals surface area contributed by atoms with Crippen molar-refractivity contribution in [3.63, 3.8) is 0 Å². The summed E-state index contributed by atoms with van der Waals surface area (Å²) in [6, 6.07) is 14.9. The van der Waals surface area contributed by atoms with Crippen LogP contribution in [0.5, 0.6) is 0 Å². The van der Waals surface area contributed by atoms with E-state index in [4.69, 9.17) is 11.6 Å². The lowest BCUT2D eigenvalue weighted by Crippen LogP contribution is -2.39. The van der Waals surface area contributed by atoms with E-state index in [1.165, 1.54) is 4.31 Å². The Bertz CT molecular complexity index is 967. The molecule has 2 unspecified atom stereocenters. The summed E-state index contributed by atoms with van der Waals surface area (Å²) < 4.78 is 27.8. The third-order valence-electron chi connectivity index (χ3n) is 5.75. The number of allylic oxidation sites excluding steroid dienone is 1. The molecule has 25 heavy (non-hydrogen) atoms. The number of hydrogen-bond donors (Lipinski definition) is 0. The average molecular weight is 374 g/mol. The van der Waals surface area contributed by atoms with Gasteiger partial charge in [0, 0.05) is 23.2 Å². The molecule has 0 N–H and O–H groups in total. The Hall–Kier alpha value is -1.78. The van der Waals surface area contributed by atoms with Crippen LogP contribution in [0.15, 0.2) is 65.7 Å². The molecule has 1 heterocycles. The van der Waals surface area contributed by atoms with Crippen molar-refractivity contribution < 1.29 is 8.42 Å². The van der Waals surface area contributed by atoms with Gasteiger partial charge in [-0.15, -0.1) is 0 Å². The van der Waals surface area contributed by atoms with Crippen molar-refractivity contribution in [2.24, 2.45) is 5.41 Å². The Morgan fingerprint density at radius 2 is 1.76 bits per heavy atom. The molecular weight excluding hydrogens is 354 g/mol. The Kier molecular flexibility index (Phi) is 3.57. The first-order chi connectivity index (χ1) is 11.8. The molecule has 130 valence electrons. The molecule has 2 aromatic carbocycles. The zero-order chi connectivity index (χ0) is 17.9. The molecule has 0 spiro atoms. The molecule has 1 aliphatic carbocycles. The van der Waals surface area contributed by atoms with Crippen LogP contribution in [0.3, 0.4) is 0 Å². The van der Waals surface area contributed by atoms with Crippen LogP contribution < -0.4 is 0 Å². The van der Waals surface area contributed by atoms with Gasteiger partial charge in [-0.25, -0.2) is 8.42 Å². The van der Waals surface area contributed by atoms with Crippen molar-refractivity contribution in [2.75, 3.05) is 6.54 Å². The van der Waals surface area contributed by atoms with Gasteiger partial charge in [0.15, 0.2) is 0 Å². The molecule has 0 aromatic heterocycles. The van der Waals surface area contributed by atoms with Crippen molar-refractivity contribution in [1.29, 1.82) is 0 Å². The second-order valence-corrected chi connectivity index (χ2v) is 9.61. The SMILES string of the molecule is Cc1ccccc1S(=O)(=O)N1C=CC2(C)CC2(c2ccc(Cl)cc2)C1. The van der Waals surface area contributed by atoms with Crippen molar-refractivity contribution in [3.8, 4) is 0 Å². The monoisotopic (exact) mass is 373 g/mol. The van der Waals surface area contributed by atoms with E-state index in [0.29, 0.717) is 16.5 Å². The smallest absolute Gasteiger partial charge is 0.264 e. The van der Waals surface area contributed by atoms with Crippen LogP contribution in [-0.2, 0) is 15.4 Å². The molecular formula is C20H20ClNO2S. The van der Waals surface area contributed by atoms with Gasteiger partial charge in [0.2, 0.25) is 0 Å². The van der Waals surface area contributed by atoms with E-state index in [1.807, 2.05) is 49.4 Å². The molecule has 2 aliphatic rings. The molecule has 2 aromatic rings. The molecule has 0 amide bonds. The lowest BCUT2D eigenvalue weighted by molar-refractivity contribution is 0.392. The standard InChI is InChI=1S/C20H20ClNO2S/c1-15-5-3-4-6-18(15)25(23,24)22-12-11-19(2)13-20(19,14-22)16-7-9-17(21)10-8-16/h3-12H,13-14H2,1-2H3. The van der Waals surface area contributed by atoms with Crippen LogP contribution in [0, 0.1) is 12.3 Å². The molecule has 0 bridgehead atoms. The van der Waals surface area contributed by atoms with Crippen LogP contribution in [0.25, 0.3) is 0 Å². The van der Waals surface area contributed by atoms with Gasteiger partial charge in [0.25, 0.3) is 10.0 Å². The highest BCUT2D eigenvalue weighted by Crippen LogP contribution is 2.67. The van der Waals surface area contributed by atoms with Crippen molar-refractivity contribution in [1.82, 2.24) is 4.31 Å². The third-order valence-corrected chi connectivity index (χ3v) is 7.88. The van der Waals surface area contributed by atoms with Gasteiger partial charge in [0.05, 0.1) is 4.90 Å². The van der Waals surface area contributed by atoms with E-state index in [9.17, 15) is 8.42 Å². The van der Waals surface area contributed by atoms with Crippen molar-refractivity contribution >= 4 is 21.6 Å². The topological polar surface area (TPSA) is 37.4 Å². The van der Waals surface area contributed by atoms with Crippen LogP contribution in [0.4, 0.5) is 0 Å². The predicted octanol–water partition coefficient (Wildman–Crippen LogP) is 4.51. The van der Waals surface area contributed by atoms with Crippen LogP contribution >= 0.6 is 11.6 Å². The zero-order valence-electron chi connectivity index (χ0n) is 14.2. The minimum absolute atomic E-state index is 0.00141. The lowest BCUT2D eigenvalue weighted by Gasteiger charge is -2.33. The van der Waals surface area contributed by atoms with Crippen molar-refractivity contribution in [2.45, 2.75) is 30.6 Å². The lowest BCUT2D eigenvalue weighted by atomic mass is 9.85. The fourth-order valence-electron chi connectivity index (χ4n) is 4.03. The Morgan fingerprint density at radius 1 is 1.08 bits per heavy atom. The predicted molar refractivity (Wildman–Crippen MR) is 100 cm³/mol. The van der Waals surface area contributed by atoms with E-state index in [1.54, 1.807) is 18.3 Å². The van der Waals surface area contributed by atoms with Gasteiger partial charge in [-0.3, -0.25) is 4.31 Å². The minimum Gasteiger partial charge on any atom is -0.273 e. The number of hydrogen-bond acceptors (Lipinski definition) is 2. The third kappa shape index (κ3) is 2.42. The van der Waals surface area contributed by atoms with Gasteiger partial charge < -0.3 is 0 Å². The first-order valence-corrected chi connectivity index (χ1v) is 10.1. The second-order valence-electron chi connectivity index (χ2n) is 7.31. The van der Waals surface area contributed by atoms with Gasteiger partial charge >= 0.3 is 0 Å². The maximum Gasteiger partial charge on any atom is 0.264 e. The quantitative estimate of drug-likeness (QED) is 0.793. The van der Waals surface area contributed by atoms with Crippen LogP contribution in [-0.4, -0.2) is 19.3 Å². The van der Waals surface area contributed by atoms with Gasteiger partial charge in [-0.05, 0) is 48.1 Å². The summed E-state index contributed by atoms with van der Waals surface area (Å²) >= 11 is 6.02. The Labute approximate surface area is 154 Å². The summed E-state index contributed by atoms with van der Waals surface area (Å²) in [5, 5.41) is 0.693. The number of halogens is 1. The molecule has 5 heteroatoms. The number of sulfonamides is 1. The summed E-state index contributed by atoms with van der Waals surface area (Å²) in [7, 11) is -3.56. The summed E-state index contributed by atoms with van der Waals surface area (Å²) in [5.41, 5.74) is 1.73. The molecule has 1 aliphatic heterocycles. The molecule has 1 saturated carbocycles. The maximum atomic E-state index is 13.2. The van der Waals surface area contributed by atoms with E-state index >= 15 is 0 Å². The number of rotatable bonds is 3. The number of aryl methyl sites for hydroxylation is 1. The summed E-state index contributed by atoms with van der Waals surface area (Å²) in [6.07, 6.45) is 4.72. The highest BCUT2D eigenvalue weighted by atomic mass is 35.5. The molecule has 2 atom stereocenters. The van der Waals surface area contributed by atoms with E-state index in [-0.39, 0.29) is 10.8 Å². The zero-order valence-corrected chi connectivity index (χ0v) is 15.8. The number of nitrogens with zero attached hydrogens (tertiary/aromatic N) is 1. The fourth-order valence-corrected chi connectivity index (χ4v) is 5.75. The Morgan fingerprint density at radius 3 is 2.44 bits per heavy atom. The largest absolute Gasteiger partial charge is 0.273 e.